The van der Waals surface area contributed by atoms with Crippen molar-refractivity contribution >= 4 is 11.3 Å². The van der Waals surface area contributed by atoms with Gasteiger partial charge in [0.1, 0.15) is 0 Å². The Morgan fingerprint density at radius 1 is 1.61 bits per heavy atom. The lowest BCUT2D eigenvalue weighted by Gasteiger charge is -2.35. The summed E-state index contributed by atoms with van der Waals surface area (Å²) in [6.07, 6.45) is 1.43. The number of nitrogens with zero attached hydrogens (tertiary/aromatic N) is 1. The summed E-state index contributed by atoms with van der Waals surface area (Å²) in [6, 6.07) is 2.54. The van der Waals surface area contributed by atoms with Crippen molar-refractivity contribution in [1.29, 1.82) is 0 Å². The maximum Gasteiger partial charge on any atom is 0.0904 e. The van der Waals surface area contributed by atoms with Crippen molar-refractivity contribution in [3.8, 4) is 0 Å². The number of thiophene rings is 1. The average molecular weight is 268 g/mol. The summed E-state index contributed by atoms with van der Waals surface area (Å²) in [6.45, 7) is 8.35. The Labute approximate surface area is 114 Å². The van der Waals surface area contributed by atoms with E-state index < -0.39 is 0 Å². The third-order valence-electron chi connectivity index (χ3n) is 3.47. The maximum atomic E-state index is 5.99. The molecule has 1 N–H and O–H groups in total. The summed E-state index contributed by atoms with van der Waals surface area (Å²) in [5, 5.41) is 5.84. The highest BCUT2D eigenvalue weighted by atomic mass is 32.1. The molecule has 3 nitrogen and oxygen atoms in total. The number of ether oxygens (including phenoxy) is 1. The molecule has 1 aromatic heterocycles. The molecule has 1 aromatic rings. The van der Waals surface area contributed by atoms with Gasteiger partial charge in [-0.1, -0.05) is 6.92 Å². The lowest BCUT2D eigenvalue weighted by Crippen LogP contribution is -2.46. The van der Waals surface area contributed by atoms with Crippen LogP contribution < -0.4 is 5.32 Å². The molecule has 4 heteroatoms. The minimum Gasteiger partial charge on any atom is -0.374 e. The van der Waals surface area contributed by atoms with E-state index >= 15 is 0 Å². The molecule has 0 spiro atoms. The fraction of sp³-hybridized carbons (Fsp3) is 0.714. The van der Waals surface area contributed by atoms with Gasteiger partial charge in [0.15, 0.2) is 0 Å². The van der Waals surface area contributed by atoms with Gasteiger partial charge in [0.05, 0.1) is 18.8 Å². The van der Waals surface area contributed by atoms with E-state index in [1.807, 2.05) is 11.3 Å². The van der Waals surface area contributed by atoms with Crippen LogP contribution in [-0.4, -0.2) is 44.3 Å². The lowest BCUT2D eigenvalue weighted by atomic mass is 10.0. The van der Waals surface area contributed by atoms with E-state index in [1.54, 1.807) is 0 Å². The normalized spacial score (nSPS) is 23.2. The summed E-state index contributed by atoms with van der Waals surface area (Å²) < 4.78 is 5.99. The SMILES string of the molecule is CCCNC(c1sccc1C)C1CN(C)CCO1. The Bertz CT molecular complexity index is 366. The number of nitrogens with one attached hydrogen (secondary N) is 1. The van der Waals surface area contributed by atoms with Gasteiger partial charge in [0.2, 0.25) is 0 Å². The topological polar surface area (TPSA) is 24.5 Å². The minimum atomic E-state index is 0.271. The van der Waals surface area contributed by atoms with Crippen LogP contribution in [0.3, 0.4) is 0 Å². The second-order valence-electron chi connectivity index (χ2n) is 5.07. The number of aryl methyl sites for hydroxylation is 1. The van der Waals surface area contributed by atoms with Crippen LogP contribution in [0.25, 0.3) is 0 Å². The zero-order chi connectivity index (χ0) is 13.0. The van der Waals surface area contributed by atoms with Gasteiger partial charge in [0.25, 0.3) is 0 Å². The molecular weight excluding hydrogens is 244 g/mol. The van der Waals surface area contributed by atoms with Crippen LogP contribution in [0.4, 0.5) is 0 Å². The number of rotatable bonds is 5. The Hall–Kier alpha value is -0.420. The molecule has 0 radical (unpaired) electrons. The van der Waals surface area contributed by atoms with Crippen molar-refractivity contribution in [2.45, 2.75) is 32.4 Å². The van der Waals surface area contributed by atoms with Crippen molar-refractivity contribution < 1.29 is 4.74 Å². The zero-order valence-corrected chi connectivity index (χ0v) is 12.4. The molecule has 1 fully saturated rings. The summed E-state index contributed by atoms with van der Waals surface area (Å²) >= 11 is 1.84. The van der Waals surface area contributed by atoms with E-state index in [0.717, 1.165) is 32.7 Å². The van der Waals surface area contributed by atoms with Crippen molar-refractivity contribution in [1.82, 2.24) is 10.2 Å². The molecular formula is C14H24N2OS. The molecule has 0 aromatic carbocycles. The Morgan fingerprint density at radius 2 is 2.44 bits per heavy atom. The molecule has 18 heavy (non-hydrogen) atoms. The molecule has 102 valence electrons. The third kappa shape index (κ3) is 3.32. The van der Waals surface area contributed by atoms with Crippen LogP contribution in [-0.2, 0) is 4.74 Å². The third-order valence-corrected chi connectivity index (χ3v) is 4.57. The molecule has 2 rings (SSSR count). The summed E-state index contributed by atoms with van der Waals surface area (Å²) in [7, 11) is 2.17. The monoisotopic (exact) mass is 268 g/mol. The predicted octanol–water partition coefficient (Wildman–Crippen LogP) is 2.43. The second-order valence-corrected chi connectivity index (χ2v) is 6.02. The molecule has 0 amide bonds. The Morgan fingerprint density at radius 3 is 3.06 bits per heavy atom. The van der Waals surface area contributed by atoms with Crippen LogP contribution >= 0.6 is 11.3 Å². The molecule has 1 aliphatic heterocycles. The first-order valence-electron chi connectivity index (χ1n) is 6.80. The van der Waals surface area contributed by atoms with Crippen LogP contribution in [0.15, 0.2) is 11.4 Å². The van der Waals surface area contributed by atoms with Gasteiger partial charge in [-0.25, -0.2) is 0 Å². The first kappa shape index (κ1) is 14.0. The zero-order valence-electron chi connectivity index (χ0n) is 11.6. The van der Waals surface area contributed by atoms with Crippen molar-refractivity contribution in [2.24, 2.45) is 0 Å². The van der Waals surface area contributed by atoms with E-state index in [9.17, 15) is 0 Å². The van der Waals surface area contributed by atoms with E-state index in [4.69, 9.17) is 4.74 Å². The first-order chi connectivity index (χ1) is 8.72. The molecule has 1 aliphatic rings. The fourth-order valence-corrected chi connectivity index (χ4v) is 3.46. The number of hydrogen-bond acceptors (Lipinski definition) is 4. The van der Waals surface area contributed by atoms with Crippen LogP contribution in [0.2, 0.25) is 0 Å². The number of morpholine rings is 1. The molecule has 2 atom stereocenters. The van der Waals surface area contributed by atoms with Gasteiger partial charge < -0.3 is 15.0 Å². The van der Waals surface area contributed by atoms with Crippen LogP contribution in [0, 0.1) is 6.92 Å². The minimum absolute atomic E-state index is 0.271. The van der Waals surface area contributed by atoms with Crippen molar-refractivity contribution in [3.63, 3.8) is 0 Å². The van der Waals surface area contributed by atoms with E-state index in [2.05, 4.69) is 42.6 Å². The van der Waals surface area contributed by atoms with E-state index in [1.165, 1.54) is 10.4 Å². The van der Waals surface area contributed by atoms with Gasteiger partial charge in [-0.3, -0.25) is 0 Å². The highest BCUT2D eigenvalue weighted by Gasteiger charge is 2.29. The fourth-order valence-electron chi connectivity index (χ4n) is 2.41. The standard InChI is InChI=1S/C14H24N2OS/c1-4-6-15-13(14-11(2)5-9-18-14)12-10-16(3)7-8-17-12/h5,9,12-13,15H,4,6-8,10H2,1-3H3. The van der Waals surface area contributed by atoms with Gasteiger partial charge in [-0.15, -0.1) is 11.3 Å². The first-order valence-corrected chi connectivity index (χ1v) is 7.68. The maximum absolute atomic E-state index is 5.99. The largest absolute Gasteiger partial charge is 0.374 e. The summed E-state index contributed by atoms with van der Waals surface area (Å²) in [5.74, 6) is 0. The van der Waals surface area contributed by atoms with Crippen molar-refractivity contribution in [3.05, 3.63) is 21.9 Å². The van der Waals surface area contributed by atoms with Gasteiger partial charge in [0, 0.05) is 18.0 Å². The smallest absolute Gasteiger partial charge is 0.0904 e. The lowest BCUT2D eigenvalue weighted by molar-refractivity contribution is -0.0387. The highest BCUT2D eigenvalue weighted by molar-refractivity contribution is 7.10. The number of likely N-dealkylation sites (N-methyl/N-ethyl adjacent to an activating group) is 1. The average Bonchev–Trinajstić information content (AvgIpc) is 2.77. The molecule has 0 bridgehead atoms. The van der Waals surface area contributed by atoms with Crippen molar-refractivity contribution in [2.75, 3.05) is 33.3 Å². The molecule has 2 unspecified atom stereocenters. The molecule has 1 saturated heterocycles. The van der Waals surface area contributed by atoms with Gasteiger partial charge >= 0.3 is 0 Å². The number of hydrogen-bond donors (Lipinski definition) is 1. The quantitative estimate of drug-likeness (QED) is 0.887. The molecule has 0 aliphatic carbocycles. The highest BCUT2D eigenvalue weighted by Crippen LogP contribution is 2.29. The van der Waals surface area contributed by atoms with E-state index in [0.29, 0.717) is 6.04 Å². The van der Waals surface area contributed by atoms with E-state index in [-0.39, 0.29) is 6.10 Å². The van der Waals surface area contributed by atoms with Gasteiger partial charge in [-0.05, 0) is 43.9 Å². The second kappa shape index (κ2) is 6.66. The molecule has 2 heterocycles. The predicted molar refractivity (Wildman–Crippen MR) is 77.3 cm³/mol. The summed E-state index contributed by atoms with van der Waals surface area (Å²) in [5.41, 5.74) is 1.38. The van der Waals surface area contributed by atoms with Crippen LogP contribution in [0.5, 0.6) is 0 Å². The summed E-state index contributed by atoms with van der Waals surface area (Å²) in [4.78, 5) is 3.79. The Balaban J connectivity index is 2.11. The van der Waals surface area contributed by atoms with Gasteiger partial charge in [-0.2, -0.15) is 0 Å². The molecule has 0 saturated carbocycles. The van der Waals surface area contributed by atoms with Crippen LogP contribution in [0.1, 0.15) is 29.8 Å². The Kier molecular flexibility index (Phi) is 5.18.